The SMILES string of the molecule is CC(C)CC(N)C(=O)NC(CCCN=C(N)N)C(=O)NC(CS)C(=O)NC(Cc1cnc[nH]1)C(=O)O. The van der Waals surface area contributed by atoms with Gasteiger partial charge in [0.05, 0.1) is 12.4 Å². The van der Waals surface area contributed by atoms with E-state index in [0.717, 1.165) is 0 Å². The number of nitrogens with one attached hydrogen (secondary N) is 4. The van der Waals surface area contributed by atoms with Crippen molar-refractivity contribution in [1.82, 2.24) is 25.9 Å². The maximum Gasteiger partial charge on any atom is 0.326 e. The van der Waals surface area contributed by atoms with Gasteiger partial charge in [0.2, 0.25) is 17.7 Å². The minimum Gasteiger partial charge on any atom is -0.480 e. The van der Waals surface area contributed by atoms with Gasteiger partial charge in [0, 0.05) is 30.6 Å². The van der Waals surface area contributed by atoms with Gasteiger partial charge in [-0.3, -0.25) is 19.4 Å². The number of amides is 3. The Morgan fingerprint density at radius 1 is 1.08 bits per heavy atom. The van der Waals surface area contributed by atoms with Gasteiger partial charge < -0.3 is 43.2 Å². The molecule has 0 fully saturated rings. The van der Waals surface area contributed by atoms with E-state index >= 15 is 0 Å². The number of carboxylic acids is 1. The number of nitrogens with zero attached hydrogens (tertiary/aromatic N) is 2. The first kappa shape index (κ1) is 30.7. The summed E-state index contributed by atoms with van der Waals surface area (Å²) in [5.74, 6) is -3.22. The molecule has 1 heterocycles. The van der Waals surface area contributed by atoms with Crippen LogP contribution < -0.4 is 33.2 Å². The first-order valence-corrected chi connectivity index (χ1v) is 12.1. The molecular weight excluding hydrogens is 490 g/mol. The molecule has 4 unspecified atom stereocenters. The van der Waals surface area contributed by atoms with Crippen LogP contribution in [0.3, 0.4) is 0 Å². The number of aliphatic imine (C=N–C) groups is 1. The zero-order valence-electron chi connectivity index (χ0n) is 20.4. The van der Waals surface area contributed by atoms with E-state index in [1.807, 2.05) is 13.8 Å². The van der Waals surface area contributed by atoms with Crippen molar-refractivity contribution in [1.29, 1.82) is 0 Å². The van der Waals surface area contributed by atoms with Crippen molar-refractivity contribution in [3.63, 3.8) is 0 Å². The number of carbonyl (C=O) groups excluding carboxylic acids is 3. The van der Waals surface area contributed by atoms with Crippen LogP contribution in [0.15, 0.2) is 17.5 Å². The zero-order chi connectivity index (χ0) is 27.3. The lowest BCUT2D eigenvalue weighted by molar-refractivity contribution is -0.142. The van der Waals surface area contributed by atoms with E-state index in [1.54, 1.807) is 0 Å². The molecule has 0 spiro atoms. The molecule has 0 aliphatic carbocycles. The molecule has 1 aromatic rings. The number of carboxylic acid groups (broad SMARTS) is 1. The molecule has 0 aromatic carbocycles. The zero-order valence-corrected chi connectivity index (χ0v) is 21.3. The highest BCUT2D eigenvalue weighted by atomic mass is 32.1. The fraction of sp³-hybridized carbons (Fsp3) is 0.619. The molecule has 4 atom stereocenters. The molecule has 14 nitrogen and oxygen atoms in total. The van der Waals surface area contributed by atoms with Crippen LogP contribution in [0.5, 0.6) is 0 Å². The van der Waals surface area contributed by atoms with E-state index in [4.69, 9.17) is 17.2 Å². The number of hydrogen-bond donors (Lipinski definition) is 9. The van der Waals surface area contributed by atoms with Crippen LogP contribution in [0.1, 0.15) is 38.8 Å². The molecule has 0 saturated heterocycles. The summed E-state index contributed by atoms with van der Waals surface area (Å²) in [5, 5.41) is 17.0. The first-order valence-electron chi connectivity index (χ1n) is 11.5. The van der Waals surface area contributed by atoms with Crippen LogP contribution in [0.4, 0.5) is 0 Å². The van der Waals surface area contributed by atoms with Crippen molar-refractivity contribution in [3.8, 4) is 0 Å². The molecule has 36 heavy (non-hydrogen) atoms. The maximum atomic E-state index is 13.0. The second kappa shape index (κ2) is 15.6. The second-order valence-electron chi connectivity index (χ2n) is 8.67. The largest absolute Gasteiger partial charge is 0.480 e. The van der Waals surface area contributed by atoms with Crippen LogP contribution in [0, 0.1) is 5.92 Å². The summed E-state index contributed by atoms with van der Waals surface area (Å²) in [6, 6.07) is -4.27. The molecule has 0 aliphatic heterocycles. The lowest BCUT2D eigenvalue weighted by Gasteiger charge is -2.24. The Balaban J connectivity index is 2.88. The Morgan fingerprint density at radius 3 is 2.22 bits per heavy atom. The Labute approximate surface area is 215 Å². The van der Waals surface area contributed by atoms with Crippen molar-refractivity contribution in [2.24, 2.45) is 28.1 Å². The van der Waals surface area contributed by atoms with Crippen LogP contribution in [0.25, 0.3) is 0 Å². The fourth-order valence-electron chi connectivity index (χ4n) is 3.22. The number of guanidine groups is 1. The minimum absolute atomic E-state index is 0.0362. The number of carbonyl (C=O) groups is 4. The van der Waals surface area contributed by atoms with Crippen molar-refractivity contribution < 1.29 is 24.3 Å². The molecule has 0 aliphatic rings. The predicted molar refractivity (Wildman–Crippen MR) is 137 cm³/mol. The molecule has 202 valence electrons. The van der Waals surface area contributed by atoms with Crippen molar-refractivity contribution in [3.05, 3.63) is 18.2 Å². The number of imidazole rings is 1. The molecule has 0 bridgehead atoms. The van der Waals surface area contributed by atoms with Gasteiger partial charge in [-0.25, -0.2) is 9.78 Å². The number of thiol groups is 1. The third-order valence-corrected chi connectivity index (χ3v) is 5.41. The first-order chi connectivity index (χ1) is 16.9. The average molecular weight is 528 g/mol. The monoisotopic (exact) mass is 527 g/mol. The van der Waals surface area contributed by atoms with Crippen molar-refractivity contribution >= 4 is 42.3 Å². The number of aromatic amines is 1. The molecule has 0 saturated carbocycles. The summed E-state index contributed by atoms with van der Waals surface area (Å²) in [5.41, 5.74) is 17.1. The fourth-order valence-corrected chi connectivity index (χ4v) is 3.48. The summed E-state index contributed by atoms with van der Waals surface area (Å²) >= 11 is 4.12. The molecule has 3 amide bonds. The highest BCUT2D eigenvalue weighted by Gasteiger charge is 2.30. The maximum absolute atomic E-state index is 13.0. The molecule has 0 radical (unpaired) electrons. The number of rotatable bonds is 16. The highest BCUT2D eigenvalue weighted by molar-refractivity contribution is 7.80. The van der Waals surface area contributed by atoms with Gasteiger partial charge in [0.1, 0.15) is 18.1 Å². The number of H-pyrrole nitrogens is 1. The normalized spacial score (nSPS) is 14.2. The van der Waals surface area contributed by atoms with E-state index < -0.39 is 47.9 Å². The molecule has 1 aromatic heterocycles. The number of aliphatic carboxylic acids is 1. The van der Waals surface area contributed by atoms with Gasteiger partial charge in [-0.15, -0.1) is 0 Å². The van der Waals surface area contributed by atoms with Gasteiger partial charge in [-0.05, 0) is 25.2 Å². The smallest absolute Gasteiger partial charge is 0.326 e. The second-order valence-corrected chi connectivity index (χ2v) is 9.04. The van der Waals surface area contributed by atoms with Crippen LogP contribution in [-0.4, -0.2) is 81.2 Å². The highest BCUT2D eigenvalue weighted by Crippen LogP contribution is 2.06. The lowest BCUT2D eigenvalue weighted by Crippen LogP contribution is -2.58. The lowest BCUT2D eigenvalue weighted by atomic mass is 10.0. The Kier molecular flexibility index (Phi) is 13.3. The van der Waals surface area contributed by atoms with Gasteiger partial charge in [-0.2, -0.15) is 12.6 Å². The van der Waals surface area contributed by atoms with E-state index in [-0.39, 0.29) is 37.0 Å². The van der Waals surface area contributed by atoms with Gasteiger partial charge >= 0.3 is 5.97 Å². The minimum atomic E-state index is -1.26. The Morgan fingerprint density at radius 2 is 1.69 bits per heavy atom. The summed E-state index contributed by atoms with van der Waals surface area (Å²) in [7, 11) is 0. The summed E-state index contributed by atoms with van der Waals surface area (Å²) < 4.78 is 0. The number of nitrogens with two attached hydrogens (primary N) is 3. The van der Waals surface area contributed by atoms with E-state index in [2.05, 4.69) is 43.5 Å². The van der Waals surface area contributed by atoms with E-state index in [0.29, 0.717) is 18.5 Å². The standard InChI is InChI=1S/C21H37N9O5S/c1-11(2)6-13(22)17(31)28-14(4-3-5-26-21(23)24)18(32)30-16(9-36)19(33)29-15(20(34)35)7-12-8-25-10-27-12/h8,10-11,13-16,36H,3-7,9,22H2,1-2H3,(H,25,27)(H,28,31)(H,29,33)(H,30,32)(H,34,35)(H4,23,24,26). The van der Waals surface area contributed by atoms with Crippen LogP contribution in [-0.2, 0) is 25.6 Å². The van der Waals surface area contributed by atoms with Gasteiger partial charge in [0.25, 0.3) is 0 Å². The van der Waals surface area contributed by atoms with E-state index in [1.165, 1.54) is 12.5 Å². The topological polar surface area (TPSA) is 244 Å². The summed E-state index contributed by atoms with van der Waals surface area (Å²) in [6.45, 7) is 4.06. The average Bonchev–Trinajstić information content (AvgIpc) is 3.31. The quantitative estimate of drug-likeness (QED) is 0.0491. The Hall–Kier alpha value is -3.33. The van der Waals surface area contributed by atoms with Crippen molar-refractivity contribution in [2.45, 2.75) is 63.7 Å². The molecule has 1 rings (SSSR count). The van der Waals surface area contributed by atoms with Crippen molar-refractivity contribution in [2.75, 3.05) is 12.3 Å². The summed E-state index contributed by atoms with van der Waals surface area (Å²) in [6.07, 6.45) is 3.75. The van der Waals surface area contributed by atoms with Crippen LogP contribution in [0.2, 0.25) is 0 Å². The number of aromatic nitrogens is 2. The predicted octanol–water partition coefficient (Wildman–Crippen LogP) is -2.15. The number of hydrogen-bond acceptors (Lipinski definition) is 8. The third-order valence-electron chi connectivity index (χ3n) is 5.05. The Bertz CT molecular complexity index is 890. The third kappa shape index (κ3) is 11.4. The van der Waals surface area contributed by atoms with Gasteiger partial charge in [0.15, 0.2) is 5.96 Å². The van der Waals surface area contributed by atoms with E-state index in [9.17, 15) is 24.3 Å². The molecule has 15 heteroatoms. The van der Waals surface area contributed by atoms with Crippen LogP contribution >= 0.6 is 12.6 Å². The van der Waals surface area contributed by atoms with Gasteiger partial charge in [-0.1, -0.05) is 13.8 Å². The molecular formula is C21H37N9O5S. The summed E-state index contributed by atoms with van der Waals surface area (Å²) in [4.78, 5) is 60.4. The molecule has 11 N–H and O–H groups in total.